The van der Waals surface area contributed by atoms with E-state index in [9.17, 15) is 19.7 Å². The van der Waals surface area contributed by atoms with Crippen LogP contribution >= 0.6 is 23.4 Å². The number of methoxy groups -OCH3 is 1. The molecular weight excluding hydrogens is 454 g/mol. The van der Waals surface area contributed by atoms with Crippen molar-refractivity contribution >= 4 is 40.9 Å². The van der Waals surface area contributed by atoms with Crippen LogP contribution in [0, 0.1) is 10.1 Å². The number of hydrogen-bond donors (Lipinski definition) is 0. The molecule has 10 heteroatoms. The Labute approximate surface area is 195 Å². The molecule has 0 spiro atoms. The van der Waals surface area contributed by atoms with Crippen LogP contribution in [0.2, 0.25) is 5.02 Å². The Morgan fingerprint density at radius 1 is 1.09 bits per heavy atom. The largest absolute Gasteiger partial charge is 0.468 e. The summed E-state index contributed by atoms with van der Waals surface area (Å²) < 4.78 is 5.01. The molecule has 1 aliphatic rings. The number of non-ortho nitro benzene ring substituents is 1. The van der Waals surface area contributed by atoms with Crippen molar-refractivity contribution in [2.24, 2.45) is 0 Å². The number of piperazine rings is 1. The Kier molecular flexibility index (Phi) is 8.11. The molecule has 1 heterocycles. The van der Waals surface area contributed by atoms with Crippen LogP contribution < -0.4 is 0 Å². The van der Waals surface area contributed by atoms with Crippen LogP contribution in [0.25, 0.3) is 0 Å². The molecule has 3 rings (SSSR count). The number of rotatable bonds is 7. The van der Waals surface area contributed by atoms with Gasteiger partial charge in [0.2, 0.25) is 5.91 Å². The van der Waals surface area contributed by atoms with E-state index in [1.165, 1.54) is 31.0 Å². The normalized spacial score (nSPS) is 16.3. The molecule has 32 heavy (non-hydrogen) atoms. The minimum atomic E-state index is -0.627. The van der Waals surface area contributed by atoms with E-state index in [1.807, 2.05) is 24.0 Å². The SMILES string of the molecule is COC(=O)[C@H](c1ccccc1Cl)N1CCN(C(=O)[C@@H](C)Sc2ccc([N+](=O)[O-])cc2)CC1. The number of esters is 1. The van der Waals surface area contributed by atoms with E-state index in [0.717, 1.165) is 4.90 Å². The maximum absolute atomic E-state index is 12.9. The lowest BCUT2D eigenvalue weighted by atomic mass is 10.0. The smallest absolute Gasteiger partial charge is 0.327 e. The Balaban J connectivity index is 1.62. The van der Waals surface area contributed by atoms with Crippen molar-refractivity contribution in [1.29, 1.82) is 0 Å². The van der Waals surface area contributed by atoms with Gasteiger partial charge in [-0.25, -0.2) is 4.79 Å². The van der Waals surface area contributed by atoms with Crippen molar-refractivity contribution in [3.8, 4) is 0 Å². The molecule has 0 aliphatic carbocycles. The van der Waals surface area contributed by atoms with Gasteiger partial charge in [0.1, 0.15) is 6.04 Å². The zero-order valence-electron chi connectivity index (χ0n) is 17.8. The summed E-state index contributed by atoms with van der Waals surface area (Å²) in [6, 6.07) is 12.7. The number of benzene rings is 2. The number of carbonyl (C=O) groups excluding carboxylic acids is 2. The highest BCUT2D eigenvalue weighted by atomic mass is 35.5. The number of carbonyl (C=O) groups is 2. The topological polar surface area (TPSA) is 93.0 Å². The van der Waals surface area contributed by atoms with Crippen LogP contribution in [-0.2, 0) is 14.3 Å². The second-order valence-corrected chi connectivity index (χ2v) is 9.14. The molecule has 2 atom stereocenters. The fourth-order valence-electron chi connectivity index (χ4n) is 3.64. The van der Waals surface area contributed by atoms with Crippen molar-refractivity contribution in [2.75, 3.05) is 33.3 Å². The zero-order chi connectivity index (χ0) is 23.3. The van der Waals surface area contributed by atoms with Crippen LogP contribution in [-0.4, -0.2) is 65.1 Å². The summed E-state index contributed by atoms with van der Waals surface area (Å²) in [5, 5.41) is 10.9. The fraction of sp³-hybridized carbons (Fsp3) is 0.364. The Hall–Kier alpha value is -2.62. The van der Waals surface area contributed by atoms with Crippen molar-refractivity contribution in [1.82, 2.24) is 9.80 Å². The highest BCUT2D eigenvalue weighted by molar-refractivity contribution is 8.00. The lowest BCUT2D eigenvalue weighted by Gasteiger charge is -2.39. The maximum atomic E-state index is 12.9. The van der Waals surface area contributed by atoms with Crippen LogP contribution in [0.3, 0.4) is 0 Å². The average molecular weight is 478 g/mol. The van der Waals surface area contributed by atoms with Crippen LogP contribution in [0.1, 0.15) is 18.5 Å². The maximum Gasteiger partial charge on any atom is 0.327 e. The Bertz CT molecular complexity index is 980. The van der Waals surface area contributed by atoms with Gasteiger partial charge in [0.05, 0.1) is 17.3 Å². The van der Waals surface area contributed by atoms with Gasteiger partial charge in [-0.05, 0) is 30.7 Å². The molecule has 2 aromatic carbocycles. The predicted molar refractivity (Wildman–Crippen MR) is 123 cm³/mol. The third-order valence-corrected chi connectivity index (χ3v) is 6.77. The molecule has 0 saturated carbocycles. The minimum Gasteiger partial charge on any atom is -0.468 e. The quantitative estimate of drug-likeness (QED) is 0.259. The number of ether oxygens (including phenoxy) is 1. The lowest BCUT2D eigenvalue weighted by Crippen LogP contribution is -2.52. The molecule has 0 bridgehead atoms. The van der Waals surface area contributed by atoms with Crippen molar-refractivity contribution in [2.45, 2.75) is 23.1 Å². The first-order chi connectivity index (χ1) is 15.3. The first-order valence-corrected chi connectivity index (χ1v) is 11.3. The number of amides is 1. The highest BCUT2D eigenvalue weighted by Gasteiger charge is 2.34. The van der Waals surface area contributed by atoms with E-state index < -0.39 is 11.0 Å². The first kappa shape index (κ1) is 24.0. The minimum absolute atomic E-state index is 0.0136. The number of nitro benzene ring substituents is 1. The van der Waals surface area contributed by atoms with Gasteiger partial charge in [-0.15, -0.1) is 11.8 Å². The van der Waals surface area contributed by atoms with E-state index in [1.54, 1.807) is 29.2 Å². The predicted octanol–water partition coefficient (Wildman–Crippen LogP) is 3.79. The molecule has 0 radical (unpaired) electrons. The number of nitrogens with zero attached hydrogens (tertiary/aromatic N) is 3. The first-order valence-electron chi connectivity index (χ1n) is 10.1. The van der Waals surface area contributed by atoms with Gasteiger partial charge in [0.15, 0.2) is 0 Å². The summed E-state index contributed by atoms with van der Waals surface area (Å²) in [4.78, 5) is 40.3. The molecule has 1 fully saturated rings. The molecule has 0 unspecified atom stereocenters. The molecule has 1 aliphatic heterocycles. The van der Waals surface area contributed by atoms with Crippen LogP contribution in [0.15, 0.2) is 53.4 Å². The third-order valence-electron chi connectivity index (χ3n) is 5.32. The van der Waals surface area contributed by atoms with Crippen LogP contribution in [0.4, 0.5) is 5.69 Å². The number of nitro groups is 1. The summed E-state index contributed by atoms with van der Waals surface area (Å²) in [5.41, 5.74) is 0.700. The van der Waals surface area contributed by atoms with E-state index in [4.69, 9.17) is 16.3 Å². The summed E-state index contributed by atoms with van der Waals surface area (Å²) in [7, 11) is 1.35. The molecule has 0 N–H and O–H groups in total. The van der Waals surface area contributed by atoms with Gasteiger partial charge in [0, 0.05) is 48.2 Å². The van der Waals surface area contributed by atoms with Gasteiger partial charge < -0.3 is 9.64 Å². The number of hydrogen-bond acceptors (Lipinski definition) is 7. The van der Waals surface area contributed by atoms with E-state index in [-0.39, 0.29) is 22.8 Å². The fourth-order valence-corrected chi connectivity index (χ4v) is 4.83. The van der Waals surface area contributed by atoms with E-state index in [0.29, 0.717) is 36.8 Å². The molecule has 1 amide bonds. The summed E-state index contributed by atoms with van der Waals surface area (Å²) in [6.07, 6.45) is 0. The molecule has 8 nitrogen and oxygen atoms in total. The summed E-state index contributed by atoms with van der Waals surface area (Å²) in [6.45, 7) is 3.78. The van der Waals surface area contributed by atoms with Crippen LogP contribution in [0.5, 0.6) is 0 Å². The molecular formula is C22H24ClN3O5S. The molecule has 2 aromatic rings. The third kappa shape index (κ3) is 5.59. The highest BCUT2D eigenvalue weighted by Crippen LogP contribution is 2.30. The standard InChI is InChI=1S/C22H24ClN3O5S/c1-15(32-17-9-7-16(8-10-17)26(29)30)21(27)25-13-11-24(12-14-25)20(22(28)31-2)18-5-3-4-6-19(18)23/h3-10,15,20H,11-14H2,1-2H3/t15-,20+/m1/s1. The average Bonchev–Trinajstić information content (AvgIpc) is 2.80. The number of thioether (sulfide) groups is 1. The lowest BCUT2D eigenvalue weighted by molar-refractivity contribution is -0.384. The van der Waals surface area contributed by atoms with Gasteiger partial charge in [-0.1, -0.05) is 29.8 Å². The van der Waals surface area contributed by atoms with Crippen molar-refractivity contribution in [3.05, 3.63) is 69.2 Å². The van der Waals surface area contributed by atoms with Gasteiger partial charge in [0.25, 0.3) is 5.69 Å². The van der Waals surface area contributed by atoms with Gasteiger partial charge in [-0.2, -0.15) is 0 Å². The van der Waals surface area contributed by atoms with Crippen molar-refractivity contribution < 1.29 is 19.2 Å². The van der Waals surface area contributed by atoms with E-state index in [2.05, 4.69) is 0 Å². The molecule has 0 aromatic heterocycles. The van der Waals surface area contributed by atoms with E-state index >= 15 is 0 Å². The summed E-state index contributed by atoms with van der Waals surface area (Å²) >= 11 is 7.69. The van der Waals surface area contributed by atoms with Gasteiger partial charge in [-0.3, -0.25) is 19.8 Å². The second-order valence-electron chi connectivity index (χ2n) is 7.32. The molecule has 170 valence electrons. The van der Waals surface area contributed by atoms with Gasteiger partial charge >= 0.3 is 5.97 Å². The Morgan fingerprint density at radius 2 is 1.72 bits per heavy atom. The second kappa shape index (κ2) is 10.8. The zero-order valence-corrected chi connectivity index (χ0v) is 19.3. The summed E-state index contributed by atoms with van der Waals surface area (Å²) in [5.74, 6) is -0.402. The van der Waals surface area contributed by atoms with Crippen molar-refractivity contribution in [3.63, 3.8) is 0 Å². The Morgan fingerprint density at radius 3 is 2.28 bits per heavy atom. The molecule has 1 saturated heterocycles. The monoisotopic (exact) mass is 477 g/mol. The number of halogens is 1.